The molecule has 1 N–H and O–H groups in total. The Morgan fingerprint density at radius 1 is 1.11 bits per heavy atom. The highest BCUT2D eigenvalue weighted by atomic mass is 16.5. The Kier molecular flexibility index (Phi) is 5.64. The monoisotopic (exact) mass is 382 g/mol. The van der Waals surface area contributed by atoms with Crippen molar-refractivity contribution in [2.75, 3.05) is 14.2 Å². The van der Waals surface area contributed by atoms with Crippen LogP contribution in [-0.2, 0) is 16.1 Å². The van der Waals surface area contributed by atoms with E-state index < -0.39 is 11.6 Å². The van der Waals surface area contributed by atoms with Crippen LogP contribution >= 0.6 is 0 Å². The van der Waals surface area contributed by atoms with Gasteiger partial charge >= 0.3 is 11.6 Å². The quantitative estimate of drug-likeness (QED) is 0.397. The van der Waals surface area contributed by atoms with Gasteiger partial charge in [0.15, 0.2) is 0 Å². The summed E-state index contributed by atoms with van der Waals surface area (Å²) in [6.07, 6.45) is 2.82. The van der Waals surface area contributed by atoms with Crippen molar-refractivity contribution >= 4 is 23.0 Å². The second-order valence-corrected chi connectivity index (χ2v) is 5.82. The van der Waals surface area contributed by atoms with E-state index in [-0.39, 0.29) is 17.9 Å². The third-order valence-corrected chi connectivity index (χ3v) is 4.02. The summed E-state index contributed by atoms with van der Waals surface area (Å²) in [5, 5.41) is 10.1. The first-order valence-electron chi connectivity index (χ1n) is 8.33. The SMILES string of the molecule is COc1ccc(OC)c(/C=C/C(=O)OCc2cc(=O)oc3cc(O)ccc23)c1. The summed E-state index contributed by atoms with van der Waals surface area (Å²) < 4.78 is 20.7. The van der Waals surface area contributed by atoms with Crippen LogP contribution in [0.2, 0.25) is 0 Å². The molecule has 3 aromatic rings. The van der Waals surface area contributed by atoms with Crippen LogP contribution in [0.5, 0.6) is 17.2 Å². The molecule has 3 rings (SSSR count). The first kappa shape index (κ1) is 19.0. The van der Waals surface area contributed by atoms with Crippen molar-refractivity contribution in [1.29, 1.82) is 0 Å². The summed E-state index contributed by atoms with van der Waals surface area (Å²) in [5.74, 6) is 0.584. The number of hydrogen-bond donors (Lipinski definition) is 1. The van der Waals surface area contributed by atoms with E-state index in [4.69, 9.17) is 18.6 Å². The fourth-order valence-corrected chi connectivity index (χ4v) is 2.66. The van der Waals surface area contributed by atoms with E-state index in [1.165, 1.54) is 31.4 Å². The van der Waals surface area contributed by atoms with Crippen LogP contribution < -0.4 is 15.1 Å². The van der Waals surface area contributed by atoms with Gasteiger partial charge in [0.05, 0.1) is 14.2 Å². The minimum Gasteiger partial charge on any atom is -0.508 e. The molecule has 0 aliphatic rings. The number of ether oxygens (including phenoxy) is 3. The van der Waals surface area contributed by atoms with Gasteiger partial charge in [-0.05, 0) is 36.4 Å². The fourth-order valence-electron chi connectivity index (χ4n) is 2.66. The first-order valence-corrected chi connectivity index (χ1v) is 8.33. The van der Waals surface area contributed by atoms with E-state index in [1.54, 1.807) is 37.5 Å². The van der Waals surface area contributed by atoms with Crippen LogP contribution in [0.3, 0.4) is 0 Å². The number of hydrogen-bond acceptors (Lipinski definition) is 7. The summed E-state index contributed by atoms with van der Waals surface area (Å²) in [4.78, 5) is 23.8. The van der Waals surface area contributed by atoms with Gasteiger partial charge in [-0.1, -0.05) is 0 Å². The van der Waals surface area contributed by atoms with Gasteiger partial charge in [-0.2, -0.15) is 0 Å². The van der Waals surface area contributed by atoms with Crippen molar-refractivity contribution in [3.05, 3.63) is 70.1 Å². The lowest BCUT2D eigenvalue weighted by atomic mass is 10.1. The number of methoxy groups -OCH3 is 2. The highest BCUT2D eigenvalue weighted by Crippen LogP contribution is 2.25. The van der Waals surface area contributed by atoms with E-state index in [1.807, 2.05) is 0 Å². The lowest BCUT2D eigenvalue weighted by molar-refractivity contribution is -0.138. The van der Waals surface area contributed by atoms with Crippen LogP contribution in [0, 0.1) is 0 Å². The molecule has 1 aromatic heterocycles. The number of phenols is 1. The van der Waals surface area contributed by atoms with Crippen molar-refractivity contribution in [3.63, 3.8) is 0 Å². The Morgan fingerprint density at radius 2 is 1.93 bits per heavy atom. The average molecular weight is 382 g/mol. The molecule has 7 nitrogen and oxygen atoms in total. The number of phenolic OH excluding ortho intramolecular Hbond substituents is 1. The van der Waals surface area contributed by atoms with E-state index >= 15 is 0 Å². The van der Waals surface area contributed by atoms with Gasteiger partial charge < -0.3 is 23.7 Å². The number of aromatic hydroxyl groups is 1. The first-order chi connectivity index (χ1) is 13.5. The second-order valence-electron chi connectivity index (χ2n) is 5.82. The largest absolute Gasteiger partial charge is 0.508 e. The number of carbonyl (C=O) groups is 1. The molecule has 0 unspecified atom stereocenters. The Morgan fingerprint density at radius 3 is 2.68 bits per heavy atom. The molecule has 0 bridgehead atoms. The smallest absolute Gasteiger partial charge is 0.336 e. The molecule has 1 heterocycles. The number of esters is 1. The van der Waals surface area contributed by atoms with Gasteiger partial charge in [0.25, 0.3) is 0 Å². The Balaban J connectivity index is 1.76. The molecule has 0 fully saturated rings. The molecule has 0 spiro atoms. The maximum absolute atomic E-state index is 12.1. The van der Waals surface area contributed by atoms with Crippen molar-refractivity contribution < 1.29 is 28.5 Å². The normalized spacial score (nSPS) is 10.9. The van der Waals surface area contributed by atoms with Gasteiger partial charge in [0.2, 0.25) is 0 Å². The van der Waals surface area contributed by atoms with E-state index in [0.717, 1.165) is 0 Å². The fraction of sp³-hybridized carbons (Fsp3) is 0.143. The Bertz CT molecular complexity index is 1100. The van der Waals surface area contributed by atoms with Crippen molar-refractivity contribution in [2.24, 2.45) is 0 Å². The molecule has 0 radical (unpaired) electrons. The summed E-state index contributed by atoms with van der Waals surface area (Å²) in [6.45, 7) is -0.120. The zero-order chi connectivity index (χ0) is 20.1. The minimum absolute atomic E-state index is 0.0278. The molecule has 144 valence electrons. The number of rotatable bonds is 6. The van der Waals surface area contributed by atoms with Crippen LogP contribution in [0.4, 0.5) is 0 Å². The number of carbonyl (C=O) groups excluding carboxylic acids is 1. The lowest BCUT2D eigenvalue weighted by Crippen LogP contribution is -2.05. The summed E-state index contributed by atoms with van der Waals surface area (Å²) in [6, 6.07) is 10.8. The Hall–Kier alpha value is -3.74. The molecule has 2 aromatic carbocycles. The van der Waals surface area contributed by atoms with E-state index in [0.29, 0.717) is 28.0 Å². The molecule has 0 saturated heterocycles. The molecule has 7 heteroatoms. The van der Waals surface area contributed by atoms with E-state index in [9.17, 15) is 14.7 Å². The van der Waals surface area contributed by atoms with Gasteiger partial charge in [0.1, 0.15) is 29.4 Å². The average Bonchev–Trinajstić information content (AvgIpc) is 2.69. The van der Waals surface area contributed by atoms with Crippen LogP contribution in [0.1, 0.15) is 11.1 Å². The molecule has 0 aliphatic carbocycles. The third-order valence-electron chi connectivity index (χ3n) is 4.02. The van der Waals surface area contributed by atoms with Gasteiger partial charge in [0, 0.05) is 34.7 Å². The summed E-state index contributed by atoms with van der Waals surface area (Å²) in [5.41, 5.74) is 0.753. The molecular formula is C21H18O7. The maximum Gasteiger partial charge on any atom is 0.336 e. The van der Waals surface area contributed by atoms with Crippen molar-refractivity contribution in [1.82, 2.24) is 0 Å². The van der Waals surface area contributed by atoms with Gasteiger partial charge in [-0.15, -0.1) is 0 Å². The standard InChI is InChI=1S/C21H18O7/c1-25-16-5-7-18(26-2)13(9-16)3-8-20(23)27-12-14-10-21(24)28-19-11-15(22)4-6-17(14)19/h3-11,22H,12H2,1-2H3/b8-3+. The van der Waals surface area contributed by atoms with Crippen molar-refractivity contribution in [3.8, 4) is 17.2 Å². The predicted octanol–water partition coefficient (Wildman–Crippen LogP) is 3.27. The zero-order valence-corrected chi connectivity index (χ0v) is 15.3. The molecule has 0 amide bonds. The third kappa shape index (κ3) is 4.32. The summed E-state index contributed by atoms with van der Waals surface area (Å²) in [7, 11) is 3.07. The molecular weight excluding hydrogens is 364 g/mol. The van der Waals surface area contributed by atoms with Gasteiger partial charge in [-0.3, -0.25) is 0 Å². The zero-order valence-electron chi connectivity index (χ0n) is 15.3. The second kappa shape index (κ2) is 8.30. The molecule has 0 aliphatic heterocycles. The van der Waals surface area contributed by atoms with Crippen LogP contribution in [0.25, 0.3) is 17.0 Å². The minimum atomic E-state index is -0.596. The highest BCUT2D eigenvalue weighted by Gasteiger charge is 2.09. The highest BCUT2D eigenvalue weighted by molar-refractivity contribution is 5.88. The Labute approximate surface area is 160 Å². The van der Waals surface area contributed by atoms with Crippen LogP contribution in [-0.4, -0.2) is 25.3 Å². The lowest BCUT2D eigenvalue weighted by Gasteiger charge is -2.07. The van der Waals surface area contributed by atoms with E-state index in [2.05, 4.69) is 0 Å². The topological polar surface area (TPSA) is 95.2 Å². The van der Waals surface area contributed by atoms with Crippen LogP contribution in [0.15, 0.2) is 57.8 Å². The summed E-state index contributed by atoms with van der Waals surface area (Å²) >= 11 is 0. The number of benzene rings is 2. The number of fused-ring (bicyclic) bond motifs is 1. The molecule has 0 saturated carbocycles. The molecule has 28 heavy (non-hydrogen) atoms. The van der Waals surface area contributed by atoms with Gasteiger partial charge in [-0.25, -0.2) is 9.59 Å². The molecule has 0 atom stereocenters. The maximum atomic E-state index is 12.1. The predicted molar refractivity (Wildman–Crippen MR) is 103 cm³/mol. The van der Waals surface area contributed by atoms with Crippen molar-refractivity contribution in [2.45, 2.75) is 6.61 Å².